The number of hydrogen-bond acceptors (Lipinski definition) is 7. The average molecular weight is 489 g/mol. The van der Waals surface area contributed by atoms with Gasteiger partial charge < -0.3 is 9.84 Å². The molecule has 3 aromatic carbocycles. The SMILES string of the molecule is O=C(O)c1cc(N=Nc2ccc(S(=O)(=O)Nc3ccccn3)cc2)ccc1OCc1ccccc1. The highest BCUT2D eigenvalue weighted by atomic mass is 32.2. The molecule has 4 rings (SSSR count). The molecule has 176 valence electrons. The number of pyridine rings is 1. The summed E-state index contributed by atoms with van der Waals surface area (Å²) in [6.07, 6.45) is 1.49. The van der Waals surface area contributed by atoms with Crippen LogP contribution in [0.1, 0.15) is 15.9 Å². The highest BCUT2D eigenvalue weighted by Gasteiger charge is 2.15. The number of nitrogens with one attached hydrogen (secondary N) is 1. The Labute approximate surface area is 201 Å². The molecule has 9 nitrogen and oxygen atoms in total. The second kappa shape index (κ2) is 10.6. The van der Waals surface area contributed by atoms with E-state index in [2.05, 4.69) is 19.9 Å². The predicted molar refractivity (Wildman–Crippen MR) is 130 cm³/mol. The fourth-order valence-corrected chi connectivity index (χ4v) is 4.04. The number of carboxylic acid groups (broad SMARTS) is 1. The Balaban J connectivity index is 1.46. The number of rotatable bonds is 9. The number of nitrogens with zero attached hydrogens (tertiary/aromatic N) is 3. The number of aromatic carboxylic acids is 1. The van der Waals surface area contributed by atoms with Crippen LogP contribution in [-0.2, 0) is 16.6 Å². The van der Waals surface area contributed by atoms with E-state index in [1.165, 1.54) is 42.6 Å². The van der Waals surface area contributed by atoms with Crippen LogP contribution in [0.4, 0.5) is 17.2 Å². The summed E-state index contributed by atoms with van der Waals surface area (Å²) in [6.45, 7) is 0.229. The van der Waals surface area contributed by atoms with E-state index in [1.54, 1.807) is 24.3 Å². The van der Waals surface area contributed by atoms with E-state index < -0.39 is 16.0 Å². The predicted octanol–water partition coefficient (Wildman–Crippen LogP) is 5.58. The number of ether oxygens (including phenoxy) is 1. The topological polar surface area (TPSA) is 130 Å². The Morgan fingerprint density at radius 3 is 2.26 bits per heavy atom. The van der Waals surface area contributed by atoms with Gasteiger partial charge in [-0.1, -0.05) is 36.4 Å². The molecule has 0 saturated heterocycles. The second-order valence-corrected chi connectivity index (χ2v) is 8.96. The molecule has 2 N–H and O–H groups in total. The lowest BCUT2D eigenvalue weighted by Crippen LogP contribution is -2.13. The third-order valence-electron chi connectivity index (χ3n) is 4.76. The molecule has 0 saturated carbocycles. The van der Waals surface area contributed by atoms with Crippen molar-refractivity contribution in [3.8, 4) is 5.75 Å². The van der Waals surface area contributed by atoms with Gasteiger partial charge in [-0.3, -0.25) is 4.72 Å². The van der Waals surface area contributed by atoms with E-state index >= 15 is 0 Å². The van der Waals surface area contributed by atoms with E-state index in [4.69, 9.17) is 4.74 Å². The minimum Gasteiger partial charge on any atom is -0.488 e. The maximum absolute atomic E-state index is 12.5. The first kappa shape index (κ1) is 23.6. The lowest BCUT2D eigenvalue weighted by atomic mass is 10.2. The van der Waals surface area contributed by atoms with Crippen LogP contribution in [0.15, 0.2) is 112 Å². The van der Waals surface area contributed by atoms with Crippen molar-refractivity contribution in [2.24, 2.45) is 10.2 Å². The smallest absolute Gasteiger partial charge is 0.339 e. The molecule has 10 heteroatoms. The first-order valence-corrected chi connectivity index (χ1v) is 11.9. The molecule has 0 spiro atoms. The van der Waals surface area contributed by atoms with E-state index in [9.17, 15) is 18.3 Å². The van der Waals surface area contributed by atoms with Crippen LogP contribution in [0.3, 0.4) is 0 Å². The van der Waals surface area contributed by atoms with Gasteiger partial charge in [0, 0.05) is 6.20 Å². The maximum Gasteiger partial charge on any atom is 0.339 e. The van der Waals surface area contributed by atoms with Gasteiger partial charge >= 0.3 is 5.97 Å². The molecule has 0 amide bonds. The van der Waals surface area contributed by atoms with Gasteiger partial charge in [0.05, 0.1) is 16.3 Å². The summed E-state index contributed by atoms with van der Waals surface area (Å²) in [5.74, 6) is -0.725. The summed E-state index contributed by atoms with van der Waals surface area (Å²) in [5.41, 5.74) is 1.57. The van der Waals surface area contributed by atoms with E-state index in [0.29, 0.717) is 11.4 Å². The molecular formula is C25H20N4O5S. The summed E-state index contributed by atoms with van der Waals surface area (Å²) in [5, 5.41) is 17.7. The molecular weight excluding hydrogens is 468 g/mol. The first-order valence-electron chi connectivity index (χ1n) is 10.4. The number of aromatic nitrogens is 1. The van der Waals surface area contributed by atoms with Crippen molar-refractivity contribution < 1.29 is 23.1 Å². The highest BCUT2D eigenvalue weighted by molar-refractivity contribution is 7.92. The Hall–Kier alpha value is -4.57. The first-order chi connectivity index (χ1) is 16.9. The summed E-state index contributed by atoms with van der Waals surface area (Å²) in [7, 11) is -3.81. The van der Waals surface area contributed by atoms with Gasteiger partial charge in [-0.05, 0) is 60.2 Å². The van der Waals surface area contributed by atoms with Crippen molar-refractivity contribution in [2.45, 2.75) is 11.5 Å². The molecule has 1 heterocycles. The Kier molecular flexibility index (Phi) is 7.12. The average Bonchev–Trinajstić information content (AvgIpc) is 2.87. The molecule has 35 heavy (non-hydrogen) atoms. The Bertz CT molecular complexity index is 1440. The number of carbonyl (C=O) groups is 1. The van der Waals surface area contributed by atoms with Gasteiger partial charge in [-0.15, -0.1) is 0 Å². The lowest BCUT2D eigenvalue weighted by molar-refractivity contribution is 0.0691. The Morgan fingerprint density at radius 2 is 1.57 bits per heavy atom. The summed E-state index contributed by atoms with van der Waals surface area (Å²) in [4.78, 5) is 15.7. The summed E-state index contributed by atoms with van der Waals surface area (Å²) < 4.78 is 33.1. The normalized spacial score (nSPS) is 11.3. The fourth-order valence-electron chi connectivity index (χ4n) is 3.04. The molecule has 0 unspecified atom stereocenters. The number of hydrogen-bond donors (Lipinski definition) is 2. The standard InChI is InChI=1S/C25H20N4O5S/c30-25(31)22-16-20(11-14-23(22)34-17-18-6-2-1-3-7-18)28-27-19-9-12-21(13-10-19)35(32,33)29-24-8-4-5-15-26-24/h1-16H,17H2,(H,26,29)(H,30,31). The molecule has 4 aromatic rings. The number of benzene rings is 3. The van der Waals surface area contributed by atoms with Gasteiger partial charge in [-0.2, -0.15) is 10.2 Å². The number of azo groups is 1. The van der Waals surface area contributed by atoms with Crippen LogP contribution < -0.4 is 9.46 Å². The largest absolute Gasteiger partial charge is 0.488 e. The third kappa shape index (κ3) is 6.27. The van der Waals surface area contributed by atoms with Crippen molar-refractivity contribution in [1.82, 2.24) is 4.98 Å². The van der Waals surface area contributed by atoms with Gasteiger partial charge in [0.15, 0.2) is 0 Å². The molecule has 0 aliphatic rings. The van der Waals surface area contributed by atoms with Crippen LogP contribution >= 0.6 is 0 Å². The summed E-state index contributed by atoms with van der Waals surface area (Å²) >= 11 is 0. The van der Waals surface area contributed by atoms with Crippen molar-refractivity contribution in [3.63, 3.8) is 0 Å². The van der Waals surface area contributed by atoms with Crippen molar-refractivity contribution >= 4 is 33.2 Å². The molecule has 0 bridgehead atoms. The quantitative estimate of drug-likeness (QED) is 0.296. The lowest BCUT2D eigenvalue weighted by Gasteiger charge is -2.09. The molecule has 0 fully saturated rings. The highest BCUT2D eigenvalue weighted by Crippen LogP contribution is 2.27. The molecule has 0 aliphatic carbocycles. The number of anilines is 1. The van der Waals surface area contributed by atoms with Gasteiger partial charge in [0.1, 0.15) is 23.7 Å². The van der Waals surface area contributed by atoms with Crippen LogP contribution in [0.25, 0.3) is 0 Å². The zero-order valence-corrected chi connectivity index (χ0v) is 19.1. The monoisotopic (exact) mass is 488 g/mol. The Morgan fingerprint density at radius 1 is 0.886 bits per heavy atom. The molecule has 0 radical (unpaired) electrons. The minimum absolute atomic E-state index is 0.0372. The zero-order valence-electron chi connectivity index (χ0n) is 18.3. The van der Waals surface area contributed by atoms with Crippen LogP contribution in [-0.4, -0.2) is 24.5 Å². The van der Waals surface area contributed by atoms with Crippen molar-refractivity contribution in [1.29, 1.82) is 0 Å². The van der Waals surface area contributed by atoms with E-state index in [1.807, 2.05) is 30.3 Å². The van der Waals surface area contributed by atoms with Crippen molar-refractivity contribution in [3.05, 3.63) is 108 Å². The van der Waals surface area contributed by atoms with Gasteiger partial charge in [-0.25, -0.2) is 18.2 Å². The second-order valence-electron chi connectivity index (χ2n) is 7.27. The van der Waals surface area contributed by atoms with Crippen molar-refractivity contribution in [2.75, 3.05) is 4.72 Å². The maximum atomic E-state index is 12.5. The van der Waals surface area contributed by atoms with Crippen LogP contribution in [0, 0.1) is 0 Å². The van der Waals surface area contributed by atoms with Crippen LogP contribution in [0.5, 0.6) is 5.75 Å². The minimum atomic E-state index is -3.81. The fraction of sp³-hybridized carbons (Fsp3) is 0.0400. The third-order valence-corrected chi connectivity index (χ3v) is 6.13. The van der Waals surface area contributed by atoms with E-state index in [-0.39, 0.29) is 28.6 Å². The van der Waals surface area contributed by atoms with Gasteiger partial charge in [0.25, 0.3) is 10.0 Å². The molecule has 0 aliphatic heterocycles. The molecule has 1 aromatic heterocycles. The van der Waals surface area contributed by atoms with Gasteiger partial charge in [0.2, 0.25) is 0 Å². The molecule has 0 atom stereocenters. The number of carboxylic acids is 1. The number of sulfonamides is 1. The zero-order chi connectivity index (χ0) is 24.7. The summed E-state index contributed by atoms with van der Waals surface area (Å²) in [6, 6.07) is 24.5. The van der Waals surface area contributed by atoms with Crippen LogP contribution in [0.2, 0.25) is 0 Å². The van der Waals surface area contributed by atoms with E-state index in [0.717, 1.165) is 5.56 Å².